The number of hydrogen-bond donors (Lipinski definition) is 0. The molecule has 0 saturated heterocycles. The van der Waals surface area contributed by atoms with E-state index in [1.807, 2.05) is 59.6 Å². The number of ether oxygens (including phenoxy) is 3. The molecule has 5 rings (SSSR count). The SMILES string of the molecule is COc1ccc(C2=NN3[C@@H](C2)c2cc(Br)ccc2O[C@H]3c2ccc(Cl)cc2)cc1OC. The maximum Gasteiger partial charge on any atom is 0.213 e. The number of rotatable bonds is 4. The molecule has 2 atom stereocenters. The molecule has 2 aliphatic rings. The summed E-state index contributed by atoms with van der Waals surface area (Å²) in [6.07, 6.45) is 0.417. The van der Waals surface area contributed by atoms with Gasteiger partial charge in [-0.1, -0.05) is 39.7 Å². The molecule has 0 aliphatic carbocycles. The third-order valence-electron chi connectivity index (χ3n) is 5.62. The number of hydrazone groups is 1. The van der Waals surface area contributed by atoms with Gasteiger partial charge in [0.1, 0.15) is 5.75 Å². The molecule has 0 saturated carbocycles. The number of benzene rings is 3. The normalized spacial score (nSPS) is 19.2. The van der Waals surface area contributed by atoms with Crippen molar-refractivity contribution in [3.05, 3.63) is 86.8 Å². The monoisotopic (exact) mass is 498 g/mol. The second kappa shape index (κ2) is 8.09. The summed E-state index contributed by atoms with van der Waals surface area (Å²) in [4.78, 5) is 0. The minimum Gasteiger partial charge on any atom is -0.493 e. The van der Waals surface area contributed by atoms with E-state index in [-0.39, 0.29) is 12.3 Å². The van der Waals surface area contributed by atoms with E-state index in [0.717, 1.165) is 39.0 Å². The van der Waals surface area contributed by atoms with Crippen LogP contribution in [0, 0.1) is 0 Å². The zero-order chi connectivity index (χ0) is 21.5. The van der Waals surface area contributed by atoms with Crippen LogP contribution in [0.15, 0.2) is 70.2 Å². The van der Waals surface area contributed by atoms with E-state index in [2.05, 4.69) is 22.0 Å². The van der Waals surface area contributed by atoms with Gasteiger partial charge in [-0.2, -0.15) is 5.10 Å². The second-order valence-electron chi connectivity index (χ2n) is 7.42. The van der Waals surface area contributed by atoms with Crippen molar-refractivity contribution in [1.82, 2.24) is 5.01 Å². The average Bonchev–Trinajstić information content (AvgIpc) is 3.24. The number of fused-ring (bicyclic) bond motifs is 3. The molecular weight excluding hydrogens is 480 g/mol. The largest absolute Gasteiger partial charge is 0.493 e. The highest BCUT2D eigenvalue weighted by Gasteiger charge is 2.41. The van der Waals surface area contributed by atoms with E-state index < -0.39 is 0 Å². The van der Waals surface area contributed by atoms with E-state index in [9.17, 15) is 0 Å². The Morgan fingerprint density at radius 3 is 2.52 bits per heavy atom. The second-order valence-corrected chi connectivity index (χ2v) is 8.77. The van der Waals surface area contributed by atoms with Gasteiger partial charge in [0.05, 0.1) is 26.0 Å². The van der Waals surface area contributed by atoms with E-state index in [4.69, 9.17) is 30.9 Å². The van der Waals surface area contributed by atoms with Crippen LogP contribution >= 0.6 is 27.5 Å². The fourth-order valence-corrected chi connectivity index (χ4v) is 4.60. The topological polar surface area (TPSA) is 43.3 Å². The third kappa shape index (κ3) is 3.64. The Labute approximate surface area is 194 Å². The van der Waals surface area contributed by atoms with E-state index in [1.54, 1.807) is 14.2 Å². The van der Waals surface area contributed by atoms with Gasteiger partial charge < -0.3 is 14.2 Å². The predicted molar refractivity (Wildman–Crippen MR) is 124 cm³/mol. The van der Waals surface area contributed by atoms with E-state index in [0.29, 0.717) is 16.5 Å². The molecule has 31 heavy (non-hydrogen) atoms. The predicted octanol–water partition coefficient (Wildman–Crippen LogP) is 6.36. The molecule has 0 unspecified atom stereocenters. The first-order valence-corrected chi connectivity index (χ1v) is 11.0. The van der Waals surface area contributed by atoms with Crippen molar-refractivity contribution in [2.45, 2.75) is 18.7 Å². The molecule has 0 fully saturated rings. The Morgan fingerprint density at radius 1 is 1.00 bits per heavy atom. The molecule has 0 N–H and O–H groups in total. The molecule has 2 heterocycles. The highest BCUT2D eigenvalue weighted by Crippen LogP contribution is 2.48. The van der Waals surface area contributed by atoms with Gasteiger partial charge in [0.25, 0.3) is 0 Å². The Kier molecular flexibility index (Phi) is 5.28. The van der Waals surface area contributed by atoms with Gasteiger partial charge in [-0.15, -0.1) is 0 Å². The fraction of sp³-hybridized carbons (Fsp3) is 0.208. The number of hydrogen-bond acceptors (Lipinski definition) is 5. The molecule has 3 aromatic rings. The minimum atomic E-state index is -0.339. The zero-order valence-corrected chi connectivity index (χ0v) is 19.4. The smallest absolute Gasteiger partial charge is 0.213 e. The maximum absolute atomic E-state index is 6.40. The van der Waals surface area contributed by atoms with Crippen LogP contribution in [0.1, 0.15) is 35.4 Å². The summed E-state index contributed by atoms with van der Waals surface area (Å²) in [5, 5.41) is 7.74. The van der Waals surface area contributed by atoms with Crippen molar-refractivity contribution in [2.24, 2.45) is 5.10 Å². The Balaban J connectivity index is 1.58. The molecule has 2 aliphatic heterocycles. The van der Waals surface area contributed by atoms with Crippen LogP contribution in [-0.4, -0.2) is 24.9 Å². The molecule has 0 amide bonds. The standard InChI is InChI=1S/C24H20BrClN2O3/c1-29-22-9-5-15(11-23(22)30-2)19-13-20-18-12-16(25)6-10-21(18)31-24(28(20)27-19)14-3-7-17(26)8-4-14/h3-12,20,24H,13H2,1-2H3/t20-,24-/m0/s1. The van der Waals surface area contributed by atoms with Gasteiger partial charge in [-0.25, -0.2) is 5.01 Å². The van der Waals surface area contributed by atoms with E-state index >= 15 is 0 Å². The summed E-state index contributed by atoms with van der Waals surface area (Å²) < 4.78 is 18.3. The van der Waals surface area contributed by atoms with Crippen molar-refractivity contribution in [3.63, 3.8) is 0 Å². The van der Waals surface area contributed by atoms with Gasteiger partial charge in [0, 0.05) is 32.6 Å². The van der Waals surface area contributed by atoms with Gasteiger partial charge >= 0.3 is 0 Å². The highest BCUT2D eigenvalue weighted by molar-refractivity contribution is 9.10. The van der Waals surface area contributed by atoms with Crippen LogP contribution < -0.4 is 14.2 Å². The van der Waals surface area contributed by atoms with Crippen molar-refractivity contribution in [1.29, 1.82) is 0 Å². The lowest BCUT2D eigenvalue weighted by Crippen LogP contribution is -2.33. The van der Waals surface area contributed by atoms with Crippen LogP contribution in [0.4, 0.5) is 0 Å². The number of halogens is 2. The lowest BCUT2D eigenvalue weighted by molar-refractivity contribution is -0.0190. The van der Waals surface area contributed by atoms with Crippen LogP contribution in [0.3, 0.4) is 0 Å². The van der Waals surface area contributed by atoms with Crippen LogP contribution in [-0.2, 0) is 0 Å². The van der Waals surface area contributed by atoms with Crippen LogP contribution in [0.5, 0.6) is 17.2 Å². The summed E-state index contributed by atoms with van der Waals surface area (Å²) in [6.45, 7) is 0. The summed E-state index contributed by atoms with van der Waals surface area (Å²) >= 11 is 9.70. The first-order valence-electron chi connectivity index (χ1n) is 9.87. The van der Waals surface area contributed by atoms with Gasteiger partial charge in [-0.3, -0.25) is 0 Å². The molecule has 0 spiro atoms. The highest BCUT2D eigenvalue weighted by atomic mass is 79.9. The molecule has 3 aromatic carbocycles. The average molecular weight is 500 g/mol. The Hall–Kier alpha value is -2.70. The molecular formula is C24H20BrClN2O3. The molecule has 0 bridgehead atoms. The summed E-state index contributed by atoms with van der Waals surface area (Å²) in [5.41, 5.74) is 4.08. The summed E-state index contributed by atoms with van der Waals surface area (Å²) in [6, 6.07) is 19.8. The summed E-state index contributed by atoms with van der Waals surface area (Å²) in [5.74, 6) is 2.24. The van der Waals surface area contributed by atoms with Gasteiger partial charge in [0.2, 0.25) is 6.23 Å². The minimum absolute atomic E-state index is 0.0602. The van der Waals surface area contributed by atoms with Gasteiger partial charge in [0.15, 0.2) is 11.5 Å². The molecule has 5 nitrogen and oxygen atoms in total. The first kappa shape index (κ1) is 20.2. The quantitative estimate of drug-likeness (QED) is 0.419. The third-order valence-corrected chi connectivity index (χ3v) is 6.37. The number of methoxy groups -OCH3 is 2. The van der Waals surface area contributed by atoms with Crippen molar-refractivity contribution >= 4 is 33.2 Å². The first-order chi connectivity index (χ1) is 15.1. The fourth-order valence-electron chi connectivity index (χ4n) is 4.10. The molecule has 158 valence electrons. The van der Waals surface area contributed by atoms with Crippen molar-refractivity contribution in [3.8, 4) is 17.2 Å². The lowest BCUT2D eigenvalue weighted by atomic mass is 9.96. The molecule has 7 heteroatoms. The van der Waals surface area contributed by atoms with Crippen molar-refractivity contribution in [2.75, 3.05) is 14.2 Å². The van der Waals surface area contributed by atoms with Crippen molar-refractivity contribution < 1.29 is 14.2 Å². The molecule has 0 radical (unpaired) electrons. The summed E-state index contributed by atoms with van der Waals surface area (Å²) in [7, 11) is 3.27. The number of nitrogens with zero attached hydrogens (tertiary/aromatic N) is 2. The maximum atomic E-state index is 6.40. The van der Waals surface area contributed by atoms with Crippen LogP contribution in [0.2, 0.25) is 5.02 Å². The lowest BCUT2D eigenvalue weighted by Gasteiger charge is -2.38. The van der Waals surface area contributed by atoms with Gasteiger partial charge in [-0.05, 0) is 48.5 Å². The molecule has 0 aromatic heterocycles. The Morgan fingerprint density at radius 2 is 1.77 bits per heavy atom. The Bertz CT molecular complexity index is 1170. The zero-order valence-electron chi connectivity index (χ0n) is 17.0. The van der Waals surface area contributed by atoms with Crippen LogP contribution in [0.25, 0.3) is 0 Å². The van der Waals surface area contributed by atoms with E-state index in [1.165, 1.54) is 0 Å².